The second kappa shape index (κ2) is 10.5. The van der Waals surface area contributed by atoms with Gasteiger partial charge in [0, 0.05) is 62.9 Å². The number of aromatic carboxylic acids is 1. The number of likely N-dealkylation sites (N-methyl/N-ethyl adjacent to an activating group) is 1. The Balaban J connectivity index is 1.66. The van der Waals surface area contributed by atoms with Gasteiger partial charge in [-0.1, -0.05) is 0 Å². The first-order valence-electron chi connectivity index (χ1n) is 12.1. The van der Waals surface area contributed by atoms with Gasteiger partial charge in [-0.2, -0.15) is 0 Å². The number of pyridine rings is 1. The number of hydrogen-bond donors (Lipinski definition) is 1. The first-order valence-corrected chi connectivity index (χ1v) is 12.1. The van der Waals surface area contributed by atoms with Crippen LogP contribution in [0.3, 0.4) is 0 Å². The lowest BCUT2D eigenvalue weighted by atomic mass is 9.96. The fourth-order valence-corrected chi connectivity index (χ4v) is 5.03. The number of carbonyl (C=O) groups is 1. The molecule has 2 aliphatic rings. The third-order valence-electron chi connectivity index (χ3n) is 7.02. The van der Waals surface area contributed by atoms with Gasteiger partial charge in [0.15, 0.2) is 0 Å². The van der Waals surface area contributed by atoms with Crippen molar-refractivity contribution in [2.75, 3.05) is 62.8 Å². The number of benzene rings is 1. The Morgan fingerprint density at radius 3 is 2.61 bits per heavy atom. The number of rotatable bonds is 6. The highest BCUT2D eigenvalue weighted by Crippen LogP contribution is 2.34. The van der Waals surface area contributed by atoms with Crippen LogP contribution in [-0.2, 0) is 4.74 Å². The lowest BCUT2D eigenvalue weighted by Crippen LogP contribution is -2.40. The number of carboxylic acid groups (broad SMARTS) is 1. The highest BCUT2D eigenvalue weighted by atomic mass is 16.5. The highest BCUT2D eigenvalue weighted by molar-refractivity contribution is 5.94. The summed E-state index contributed by atoms with van der Waals surface area (Å²) in [5, 5.41) is 9.92. The quantitative estimate of drug-likeness (QED) is 0.713. The van der Waals surface area contributed by atoms with E-state index in [9.17, 15) is 9.90 Å². The zero-order valence-electron chi connectivity index (χ0n) is 20.1. The Hall–Kier alpha value is -2.64. The van der Waals surface area contributed by atoms with Gasteiger partial charge >= 0.3 is 5.97 Å². The standard InChI is InChI=1S/C26H36N4O3/c1-4-30(22-8-14-33-15-9-22)24-17-21(16-23(19(24)2)26(31)32)20-6-7-25(27-18-20)29-11-5-10-28(3)12-13-29/h6-7,16-18,22H,4-5,8-15H2,1-3H3,(H,31,32). The molecule has 1 aromatic heterocycles. The molecule has 0 radical (unpaired) electrons. The summed E-state index contributed by atoms with van der Waals surface area (Å²) in [7, 11) is 2.16. The second-order valence-corrected chi connectivity index (χ2v) is 9.15. The summed E-state index contributed by atoms with van der Waals surface area (Å²) in [6.45, 7) is 10.5. The lowest BCUT2D eigenvalue weighted by molar-refractivity contribution is 0.0695. The van der Waals surface area contributed by atoms with E-state index in [1.165, 1.54) is 0 Å². The number of aromatic nitrogens is 1. The summed E-state index contributed by atoms with van der Waals surface area (Å²) >= 11 is 0. The molecule has 2 fully saturated rings. The van der Waals surface area contributed by atoms with Gasteiger partial charge < -0.3 is 24.5 Å². The van der Waals surface area contributed by atoms with Gasteiger partial charge in [0.05, 0.1) is 5.56 Å². The summed E-state index contributed by atoms with van der Waals surface area (Å²) < 4.78 is 5.55. The predicted molar refractivity (Wildman–Crippen MR) is 133 cm³/mol. The fourth-order valence-electron chi connectivity index (χ4n) is 5.03. The molecule has 33 heavy (non-hydrogen) atoms. The summed E-state index contributed by atoms with van der Waals surface area (Å²) in [5.74, 6) is 0.0918. The van der Waals surface area contributed by atoms with Crippen molar-refractivity contribution < 1.29 is 14.6 Å². The molecular weight excluding hydrogens is 416 g/mol. The maximum atomic E-state index is 12.1. The van der Waals surface area contributed by atoms with Crippen molar-refractivity contribution in [3.8, 4) is 11.1 Å². The summed E-state index contributed by atoms with van der Waals surface area (Å²) in [6.07, 6.45) is 4.93. The van der Waals surface area contributed by atoms with Gasteiger partial charge in [-0.15, -0.1) is 0 Å². The fraction of sp³-hybridized carbons (Fsp3) is 0.538. The number of ether oxygens (including phenoxy) is 1. The SMILES string of the molecule is CCN(c1cc(-c2ccc(N3CCCN(C)CC3)nc2)cc(C(=O)O)c1C)C1CCOCC1. The van der Waals surface area contributed by atoms with Crippen LogP contribution in [0.4, 0.5) is 11.5 Å². The average molecular weight is 453 g/mol. The molecule has 0 bridgehead atoms. The minimum atomic E-state index is -0.892. The molecule has 2 saturated heterocycles. The van der Waals surface area contributed by atoms with Crippen LogP contribution in [0.25, 0.3) is 11.1 Å². The molecule has 7 nitrogen and oxygen atoms in total. The van der Waals surface area contributed by atoms with Gasteiger partial charge in [-0.05, 0) is 82.1 Å². The van der Waals surface area contributed by atoms with Gasteiger partial charge in [-0.25, -0.2) is 9.78 Å². The first-order chi connectivity index (χ1) is 16.0. The van der Waals surface area contributed by atoms with Crippen molar-refractivity contribution in [2.24, 2.45) is 0 Å². The number of anilines is 2. The Morgan fingerprint density at radius 2 is 1.94 bits per heavy atom. The molecule has 0 unspecified atom stereocenters. The molecular formula is C26H36N4O3. The molecule has 0 aliphatic carbocycles. The molecule has 0 atom stereocenters. The molecule has 178 valence electrons. The van der Waals surface area contributed by atoms with Crippen LogP contribution in [-0.4, -0.2) is 80.0 Å². The Bertz CT molecular complexity index is 957. The summed E-state index contributed by atoms with van der Waals surface area (Å²) in [5.41, 5.74) is 4.01. The molecule has 1 aromatic carbocycles. The molecule has 3 heterocycles. The van der Waals surface area contributed by atoms with E-state index in [0.717, 1.165) is 93.4 Å². The monoisotopic (exact) mass is 452 g/mol. The number of hydrogen-bond acceptors (Lipinski definition) is 6. The van der Waals surface area contributed by atoms with E-state index in [4.69, 9.17) is 9.72 Å². The van der Waals surface area contributed by atoms with E-state index in [1.54, 1.807) is 6.07 Å². The van der Waals surface area contributed by atoms with E-state index >= 15 is 0 Å². The largest absolute Gasteiger partial charge is 0.478 e. The van der Waals surface area contributed by atoms with Crippen molar-refractivity contribution in [1.82, 2.24) is 9.88 Å². The zero-order valence-corrected chi connectivity index (χ0v) is 20.1. The van der Waals surface area contributed by atoms with E-state index in [2.05, 4.69) is 46.9 Å². The normalized spacial score (nSPS) is 18.2. The van der Waals surface area contributed by atoms with Crippen molar-refractivity contribution in [3.05, 3.63) is 41.6 Å². The lowest BCUT2D eigenvalue weighted by Gasteiger charge is -2.36. The molecule has 0 saturated carbocycles. The van der Waals surface area contributed by atoms with Crippen LogP contribution < -0.4 is 9.80 Å². The first kappa shape index (κ1) is 23.5. The maximum absolute atomic E-state index is 12.1. The average Bonchev–Trinajstić information content (AvgIpc) is 3.05. The smallest absolute Gasteiger partial charge is 0.336 e. The number of carboxylic acids is 1. The van der Waals surface area contributed by atoms with Crippen LogP contribution in [0.5, 0.6) is 0 Å². The van der Waals surface area contributed by atoms with Crippen LogP contribution in [0.2, 0.25) is 0 Å². The topological polar surface area (TPSA) is 69.1 Å². The number of nitrogens with zero attached hydrogens (tertiary/aromatic N) is 4. The minimum absolute atomic E-state index is 0.354. The molecule has 7 heteroatoms. The van der Waals surface area contributed by atoms with Crippen LogP contribution >= 0.6 is 0 Å². The van der Waals surface area contributed by atoms with Crippen LogP contribution in [0.15, 0.2) is 30.5 Å². The molecule has 0 amide bonds. The van der Waals surface area contributed by atoms with E-state index in [-0.39, 0.29) is 0 Å². The third-order valence-corrected chi connectivity index (χ3v) is 7.02. The highest BCUT2D eigenvalue weighted by Gasteiger charge is 2.25. The van der Waals surface area contributed by atoms with Crippen LogP contribution in [0.1, 0.15) is 42.1 Å². The van der Waals surface area contributed by atoms with E-state index < -0.39 is 5.97 Å². The summed E-state index contributed by atoms with van der Waals surface area (Å²) in [6, 6.07) is 8.42. The second-order valence-electron chi connectivity index (χ2n) is 9.15. The van der Waals surface area contributed by atoms with Crippen molar-refractivity contribution >= 4 is 17.5 Å². The summed E-state index contributed by atoms with van der Waals surface area (Å²) in [4.78, 5) is 23.9. The van der Waals surface area contributed by atoms with Gasteiger partial charge in [0.1, 0.15) is 5.82 Å². The van der Waals surface area contributed by atoms with Crippen molar-refractivity contribution in [3.63, 3.8) is 0 Å². The zero-order chi connectivity index (χ0) is 23.4. The third kappa shape index (κ3) is 5.31. The van der Waals surface area contributed by atoms with Gasteiger partial charge in [0.25, 0.3) is 0 Å². The van der Waals surface area contributed by atoms with E-state index in [0.29, 0.717) is 11.6 Å². The van der Waals surface area contributed by atoms with Crippen LogP contribution in [0, 0.1) is 6.92 Å². The van der Waals surface area contributed by atoms with Gasteiger partial charge in [-0.3, -0.25) is 0 Å². The van der Waals surface area contributed by atoms with Crippen molar-refractivity contribution in [1.29, 1.82) is 0 Å². The molecule has 4 rings (SSSR count). The Labute approximate surface area is 197 Å². The molecule has 1 N–H and O–H groups in total. The van der Waals surface area contributed by atoms with Crippen molar-refractivity contribution in [2.45, 2.75) is 39.2 Å². The molecule has 0 spiro atoms. The van der Waals surface area contributed by atoms with E-state index in [1.807, 2.05) is 13.1 Å². The predicted octanol–water partition coefficient (Wildman–Crippen LogP) is 3.90. The minimum Gasteiger partial charge on any atom is -0.478 e. The Kier molecular flexibility index (Phi) is 7.50. The molecule has 2 aliphatic heterocycles. The maximum Gasteiger partial charge on any atom is 0.336 e. The van der Waals surface area contributed by atoms with Gasteiger partial charge in [0.2, 0.25) is 0 Å². The Morgan fingerprint density at radius 1 is 1.15 bits per heavy atom. The molecule has 2 aromatic rings.